The normalized spacial score (nSPS) is 16.3. The number of rotatable bonds is 7. The van der Waals surface area contributed by atoms with Crippen LogP contribution >= 0.6 is 0 Å². The van der Waals surface area contributed by atoms with Gasteiger partial charge in [0.2, 0.25) is 15.9 Å². The lowest BCUT2D eigenvalue weighted by molar-refractivity contribution is -0.122. The van der Waals surface area contributed by atoms with E-state index in [1.807, 2.05) is 18.2 Å². The average molecular weight is 417 g/mol. The number of likely N-dealkylation sites (N-methyl/N-ethyl adjacent to an activating group) is 1. The largest absolute Gasteiger partial charge is 0.496 e. The Kier molecular flexibility index (Phi) is 6.59. The Balaban J connectivity index is 1.74. The van der Waals surface area contributed by atoms with Crippen LogP contribution in [0.4, 0.5) is 0 Å². The molecule has 1 amide bonds. The Morgan fingerprint density at radius 3 is 2.69 bits per heavy atom. The minimum atomic E-state index is -3.78. The fourth-order valence-corrected chi connectivity index (χ4v) is 5.32. The van der Waals surface area contributed by atoms with Crippen molar-refractivity contribution < 1.29 is 17.9 Å². The number of carbonyl (C=O) groups excluding carboxylic acids is 1. The van der Waals surface area contributed by atoms with Gasteiger partial charge in [0, 0.05) is 6.54 Å². The van der Waals surface area contributed by atoms with Gasteiger partial charge in [0.15, 0.2) is 0 Å². The van der Waals surface area contributed by atoms with E-state index in [0.29, 0.717) is 5.75 Å². The van der Waals surface area contributed by atoms with Gasteiger partial charge < -0.3 is 10.1 Å². The molecule has 6 nitrogen and oxygen atoms in total. The molecule has 0 unspecified atom stereocenters. The van der Waals surface area contributed by atoms with Gasteiger partial charge >= 0.3 is 0 Å². The Hall–Kier alpha value is -2.38. The number of aryl methyl sites for hydroxylation is 2. The fraction of sp³-hybridized carbons (Fsp3) is 0.409. The second kappa shape index (κ2) is 8.97. The molecule has 2 aromatic carbocycles. The lowest BCUT2D eigenvalue weighted by Crippen LogP contribution is -2.42. The summed E-state index contributed by atoms with van der Waals surface area (Å²) >= 11 is 0. The molecule has 0 aromatic heterocycles. The first-order valence-electron chi connectivity index (χ1n) is 9.88. The number of carbonyl (C=O) groups is 1. The summed E-state index contributed by atoms with van der Waals surface area (Å²) in [5.74, 6) is 0.336. The number of nitrogens with zero attached hydrogens (tertiary/aromatic N) is 1. The minimum Gasteiger partial charge on any atom is -0.496 e. The topological polar surface area (TPSA) is 75.7 Å². The monoisotopic (exact) mass is 416 g/mol. The van der Waals surface area contributed by atoms with Gasteiger partial charge in [0.05, 0.1) is 24.6 Å². The van der Waals surface area contributed by atoms with Crippen molar-refractivity contribution >= 4 is 15.9 Å². The molecule has 1 N–H and O–H groups in total. The Bertz CT molecular complexity index is 988. The lowest BCUT2D eigenvalue weighted by Gasteiger charge is -2.27. The molecular formula is C22H28N2O4S. The van der Waals surface area contributed by atoms with Crippen LogP contribution in [-0.2, 0) is 21.2 Å². The number of methoxy groups -OCH3 is 1. The van der Waals surface area contributed by atoms with Gasteiger partial charge in [-0.1, -0.05) is 31.2 Å². The van der Waals surface area contributed by atoms with E-state index in [9.17, 15) is 13.2 Å². The van der Waals surface area contributed by atoms with Crippen LogP contribution in [0, 0.1) is 6.92 Å². The molecule has 0 aliphatic heterocycles. The number of benzene rings is 2. The van der Waals surface area contributed by atoms with E-state index < -0.39 is 10.0 Å². The molecular weight excluding hydrogens is 388 g/mol. The van der Waals surface area contributed by atoms with E-state index in [1.54, 1.807) is 33.1 Å². The molecule has 0 radical (unpaired) electrons. The minimum absolute atomic E-state index is 0.0721. The predicted molar refractivity (Wildman–Crippen MR) is 112 cm³/mol. The Morgan fingerprint density at radius 2 is 2.00 bits per heavy atom. The number of fused-ring (bicyclic) bond motifs is 1. The van der Waals surface area contributed by atoms with Crippen molar-refractivity contribution in [1.82, 2.24) is 9.62 Å². The van der Waals surface area contributed by atoms with E-state index >= 15 is 0 Å². The highest BCUT2D eigenvalue weighted by atomic mass is 32.2. The highest BCUT2D eigenvalue weighted by Gasteiger charge is 2.28. The number of ether oxygens (including phenoxy) is 1. The molecule has 0 spiro atoms. The second-order valence-electron chi connectivity index (χ2n) is 7.27. The second-order valence-corrected chi connectivity index (χ2v) is 9.21. The van der Waals surface area contributed by atoms with Crippen molar-refractivity contribution in [3.63, 3.8) is 0 Å². The Labute approximate surface area is 172 Å². The molecule has 1 atom stereocenters. The van der Waals surface area contributed by atoms with Crippen molar-refractivity contribution in [3.05, 3.63) is 59.2 Å². The summed E-state index contributed by atoms with van der Waals surface area (Å²) in [7, 11) is -2.23. The Morgan fingerprint density at radius 1 is 1.24 bits per heavy atom. The standard InChI is InChI=1S/C22H28N2O4S/c1-4-24(29(26,27)18-12-13-21(28-3)16(2)14-18)15-22(25)23-20-11-7-9-17-8-5-6-10-19(17)20/h5-6,8,10,12-14,20H,4,7,9,11,15H2,1-3H3,(H,23,25)/t20-/m0/s1. The zero-order valence-corrected chi connectivity index (χ0v) is 18.0. The van der Waals surface area contributed by atoms with Gasteiger partial charge in [0.1, 0.15) is 5.75 Å². The molecule has 7 heteroatoms. The van der Waals surface area contributed by atoms with Gasteiger partial charge in [-0.3, -0.25) is 4.79 Å². The zero-order chi connectivity index (χ0) is 21.0. The molecule has 0 fully saturated rings. The molecule has 2 aromatic rings. The summed E-state index contributed by atoms with van der Waals surface area (Å²) in [5.41, 5.74) is 3.11. The van der Waals surface area contributed by atoms with Gasteiger partial charge in [-0.2, -0.15) is 4.31 Å². The molecule has 1 aliphatic carbocycles. The number of nitrogens with one attached hydrogen (secondary N) is 1. The van der Waals surface area contributed by atoms with E-state index in [0.717, 1.165) is 30.4 Å². The van der Waals surface area contributed by atoms with E-state index in [1.165, 1.54) is 15.9 Å². The number of hydrogen-bond acceptors (Lipinski definition) is 4. The highest BCUT2D eigenvalue weighted by molar-refractivity contribution is 7.89. The van der Waals surface area contributed by atoms with Gasteiger partial charge in [0.25, 0.3) is 0 Å². The summed E-state index contributed by atoms with van der Waals surface area (Å²) < 4.78 is 32.5. The first-order valence-corrected chi connectivity index (χ1v) is 11.3. The maximum Gasteiger partial charge on any atom is 0.243 e. The summed E-state index contributed by atoms with van der Waals surface area (Å²) in [6.45, 7) is 3.53. The highest BCUT2D eigenvalue weighted by Crippen LogP contribution is 2.29. The molecule has 0 bridgehead atoms. The van der Waals surface area contributed by atoms with Crippen molar-refractivity contribution in [3.8, 4) is 5.75 Å². The first-order chi connectivity index (χ1) is 13.9. The lowest BCUT2D eigenvalue weighted by atomic mass is 9.88. The smallest absolute Gasteiger partial charge is 0.243 e. The molecule has 0 heterocycles. The van der Waals surface area contributed by atoms with Crippen LogP contribution in [0.3, 0.4) is 0 Å². The van der Waals surface area contributed by atoms with Crippen molar-refractivity contribution in [2.24, 2.45) is 0 Å². The average Bonchev–Trinajstić information content (AvgIpc) is 2.72. The first kappa shape index (κ1) is 21.3. The van der Waals surface area contributed by atoms with Crippen LogP contribution in [0.5, 0.6) is 5.75 Å². The molecule has 156 valence electrons. The van der Waals surface area contributed by atoms with Crippen molar-refractivity contribution in [1.29, 1.82) is 0 Å². The van der Waals surface area contributed by atoms with Gasteiger partial charge in [-0.25, -0.2) is 8.42 Å². The van der Waals surface area contributed by atoms with Gasteiger partial charge in [-0.05, 0) is 61.1 Å². The molecule has 0 saturated carbocycles. The van der Waals surface area contributed by atoms with Crippen LogP contribution in [-0.4, -0.2) is 38.8 Å². The molecule has 3 rings (SSSR count). The SMILES string of the molecule is CCN(CC(=O)N[C@H]1CCCc2ccccc21)S(=O)(=O)c1ccc(OC)c(C)c1. The van der Waals surface area contributed by atoms with Crippen LogP contribution in [0.2, 0.25) is 0 Å². The van der Waals surface area contributed by atoms with Crippen LogP contribution in [0.15, 0.2) is 47.4 Å². The number of sulfonamides is 1. The van der Waals surface area contributed by atoms with E-state index in [-0.39, 0.29) is 29.9 Å². The molecule has 0 saturated heterocycles. The molecule has 1 aliphatic rings. The van der Waals surface area contributed by atoms with Gasteiger partial charge in [-0.15, -0.1) is 0 Å². The zero-order valence-electron chi connectivity index (χ0n) is 17.1. The number of amides is 1. The van der Waals surface area contributed by atoms with Crippen molar-refractivity contribution in [2.75, 3.05) is 20.2 Å². The quantitative estimate of drug-likeness (QED) is 0.752. The summed E-state index contributed by atoms with van der Waals surface area (Å²) in [5, 5.41) is 3.03. The predicted octanol–water partition coefficient (Wildman–Crippen LogP) is 3.21. The third-order valence-electron chi connectivity index (χ3n) is 5.38. The van der Waals surface area contributed by atoms with Crippen LogP contribution < -0.4 is 10.1 Å². The van der Waals surface area contributed by atoms with Crippen LogP contribution in [0.1, 0.15) is 42.5 Å². The number of hydrogen-bond donors (Lipinski definition) is 1. The fourth-order valence-electron chi connectivity index (χ4n) is 3.83. The third kappa shape index (κ3) is 4.62. The maximum absolute atomic E-state index is 13.0. The summed E-state index contributed by atoms with van der Waals surface area (Å²) in [6.07, 6.45) is 2.87. The summed E-state index contributed by atoms with van der Waals surface area (Å²) in [4.78, 5) is 12.9. The maximum atomic E-state index is 13.0. The van der Waals surface area contributed by atoms with E-state index in [2.05, 4.69) is 11.4 Å². The van der Waals surface area contributed by atoms with Crippen molar-refractivity contribution in [2.45, 2.75) is 44.0 Å². The van der Waals surface area contributed by atoms with E-state index in [4.69, 9.17) is 4.74 Å². The van der Waals surface area contributed by atoms with Crippen LogP contribution in [0.25, 0.3) is 0 Å². The summed E-state index contributed by atoms with van der Waals surface area (Å²) in [6, 6.07) is 12.7. The third-order valence-corrected chi connectivity index (χ3v) is 7.30. The molecule has 29 heavy (non-hydrogen) atoms.